The van der Waals surface area contributed by atoms with Gasteiger partial charge >= 0.3 is 0 Å². The molecule has 0 saturated heterocycles. The van der Waals surface area contributed by atoms with Crippen molar-refractivity contribution in [3.8, 4) is 0 Å². The van der Waals surface area contributed by atoms with Crippen LogP contribution >= 0.6 is 23.2 Å². The van der Waals surface area contributed by atoms with E-state index < -0.39 is 0 Å². The topological polar surface area (TPSA) is 12.0 Å². The SMILES string of the molecule is CCC1CCCCC1NCc1ccc(Cl)c(Cl)c1. The van der Waals surface area contributed by atoms with E-state index in [0.29, 0.717) is 16.1 Å². The van der Waals surface area contributed by atoms with Crippen LogP contribution in [0.3, 0.4) is 0 Å². The quantitative estimate of drug-likeness (QED) is 0.816. The number of nitrogens with one attached hydrogen (secondary N) is 1. The van der Waals surface area contributed by atoms with Crippen molar-refractivity contribution in [1.29, 1.82) is 0 Å². The molecule has 1 N–H and O–H groups in total. The van der Waals surface area contributed by atoms with Crippen LogP contribution in [0.4, 0.5) is 0 Å². The third kappa shape index (κ3) is 3.63. The first-order valence-corrected chi connectivity index (χ1v) is 7.63. The van der Waals surface area contributed by atoms with E-state index in [1.165, 1.54) is 37.7 Å². The zero-order valence-corrected chi connectivity index (χ0v) is 12.4. The summed E-state index contributed by atoms with van der Waals surface area (Å²) in [6.07, 6.45) is 6.70. The molecule has 0 spiro atoms. The maximum Gasteiger partial charge on any atom is 0.0595 e. The van der Waals surface area contributed by atoms with Crippen LogP contribution in [0.1, 0.15) is 44.6 Å². The first-order chi connectivity index (χ1) is 8.70. The third-order valence-electron chi connectivity index (χ3n) is 3.99. The standard InChI is InChI=1S/C15H21Cl2N/c1-2-12-5-3-4-6-15(12)18-10-11-7-8-13(16)14(17)9-11/h7-9,12,15,18H,2-6,10H2,1H3. The van der Waals surface area contributed by atoms with E-state index in [-0.39, 0.29) is 0 Å². The summed E-state index contributed by atoms with van der Waals surface area (Å²) in [4.78, 5) is 0. The number of hydrogen-bond donors (Lipinski definition) is 1. The number of halogens is 2. The van der Waals surface area contributed by atoms with Crippen molar-refractivity contribution in [3.05, 3.63) is 33.8 Å². The van der Waals surface area contributed by atoms with E-state index in [1.54, 1.807) is 0 Å². The lowest BCUT2D eigenvalue weighted by molar-refractivity contribution is 0.254. The summed E-state index contributed by atoms with van der Waals surface area (Å²) in [5.74, 6) is 0.835. The fraction of sp³-hybridized carbons (Fsp3) is 0.600. The van der Waals surface area contributed by atoms with Gasteiger partial charge in [0.05, 0.1) is 10.0 Å². The molecule has 0 amide bonds. The molecule has 1 aliphatic carbocycles. The molecular weight excluding hydrogens is 265 g/mol. The van der Waals surface area contributed by atoms with Gasteiger partial charge in [0, 0.05) is 12.6 Å². The number of rotatable bonds is 4. The van der Waals surface area contributed by atoms with Gasteiger partial charge in [-0.25, -0.2) is 0 Å². The number of benzene rings is 1. The fourth-order valence-corrected chi connectivity index (χ4v) is 3.18. The molecule has 1 aromatic carbocycles. The second kappa shape index (κ2) is 6.79. The summed E-state index contributed by atoms with van der Waals surface area (Å²) >= 11 is 12.0. The number of hydrogen-bond acceptors (Lipinski definition) is 1. The third-order valence-corrected chi connectivity index (χ3v) is 4.72. The zero-order chi connectivity index (χ0) is 13.0. The Bertz CT molecular complexity index is 392. The first kappa shape index (κ1) is 14.2. The summed E-state index contributed by atoms with van der Waals surface area (Å²) in [5.41, 5.74) is 1.21. The Labute approximate surface area is 120 Å². The minimum atomic E-state index is 0.629. The minimum absolute atomic E-state index is 0.629. The van der Waals surface area contributed by atoms with Crippen LogP contribution in [-0.4, -0.2) is 6.04 Å². The van der Waals surface area contributed by atoms with Gasteiger partial charge in [-0.1, -0.05) is 55.5 Å². The maximum atomic E-state index is 6.03. The molecule has 100 valence electrons. The van der Waals surface area contributed by atoms with Crippen LogP contribution in [-0.2, 0) is 6.54 Å². The molecule has 2 unspecified atom stereocenters. The van der Waals surface area contributed by atoms with Crippen LogP contribution in [0.5, 0.6) is 0 Å². The Morgan fingerprint density at radius 2 is 1.94 bits per heavy atom. The van der Waals surface area contributed by atoms with Crippen molar-refractivity contribution in [2.45, 2.75) is 51.6 Å². The highest BCUT2D eigenvalue weighted by molar-refractivity contribution is 6.42. The highest BCUT2D eigenvalue weighted by Gasteiger charge is 2.22. The minimum Gasteiger partial charge on any atom is -0.310 e. The molecule has 2 atom stereocenters. The van der Waals surface area contributed by atoms with E-state index >= 15 is 0 Å². The molecule has 3 heteroatoms. The normalized spacial score (nSPS) is 24.2. The molecule has 1 saturated carbocycles. The summed E-state index contributed by atoms with van der Waals surface area (Å²) in [6, 6.07) is 6.54. The second-order valence-corrected chi connectivity index (χ2v) is 6.00. The van der Waals surface area contributed by atoms with Crippen LogP contribution < -0.4 is 5.32 Å². The van der Waals surface area contributed by atoms with Crippen molar-refractivity contribution in [2.75, 3.05) is 0 Å². The van der Waals surface area contributed by atoms with Crippen molar-refractivity contribution in [2.24, 2.45) is 5.92 Å². The lowest BCUT2D eigenvalue weighted by Gasteiger charge is -2.31. The average Bonchev–Trinajstić information content (AvgIpc) is 2.40. The summed E-state index contributed by atoms with van der Waals surface area (Å²) in [6.45, 7) is 3.18. The Balaban J connectivity index is 1.91. The predicted molar refractivity (Wildman–Crippen MR) is 79.3 cm³/mol. The summed E-state index contributed by atoms with van der Waals surface area (Å²) in [5, 5.41) is 4.96. The van der Waals surface area contributed by atoms with E-state index in [9.17, 15) is 0 Å². The van der Waals surface area contributed by atoms with Crippen LogP contribution in [0.25, 0.3) is 0 Å². The van der Waals surface area contributed by atoms with Crippen LogP contribution in [0.15, 0.2) is 18.2 Å². The molecule has 0 heterocycles. The fourth-order valence-electron chi connectivity index (χ4n) is 2.86. The molecule has 0 radical (unpaired) electrons. The van der Waals surface area contributed by atoms with Gasteiger partial charge in [-0.3, -0.25) is 0 Å². The van der Waals surface area contributed by atoms with Gasteiger partial charge in [-0.15, -0.1) is 0 Å². The van der Waals surface area contributed by atoms with E-state index in [0.717, 1.165) is 12.5 Å². The van der Waals surface area contributed by atoms with E-state index in [1.807, 2.05) is 18.2 Å². The highest BCUT2D eigenvalue weighted by atomic mass is 35.5. The van der Waals surface area contributed by atoms with Crippen molar-refractivity contribution in [3.63, 3.8) is 0 Å². The van der Waals surface area contributed by atoms with Gasteiger partial charge in [0.1, 0.15) is 0 Å². The van der Waals surface area contributed by atoms with Gasteiger partial charge in [0.2, 0.25) is 0 Å². The summed E-state index contributed by atoms with van der Waals surface area (Å²) in [7, 11) is 0. The van der Waals surface area contributed by atoms with Crippen LogP contribution in [0, 0.1) is 5.92 Å². The molecule has 2 rings (SSSR count). The highest BCUT2D eigenvalue weighted by Crippen LogP contribution is 2.27. The molecule has 0 aliphatic heterocycles. The molecule has 0 bridgehead atoms. The molecule has 18 heavy (non-hydrogen) atoms. The molecular formula is C15H21Cl2N. The lowest BCUT2D eigenvalue weighted by atomic mass is 9.83. The lowest BCUT2D eigenvalue weighted by Crippen LogP contribution is -2.37. The maximum absolute atomic E-state index is 6.03. The largest absolute Gasteiger partial charge is 0.310 e. The molecule has 1 aliphatic rings. The molecule has 0 aromatic heterocycles. The van der Waals surface area contributed by atoms with E-state index in [2.05, 4.69) is 12.2 Å². The Morgan fingerprint density at radius 1 is 1.17 bits per heavy atom. The van der Waals surface area contributed by atoms with Gasteiger partial charge in [0.25, 0.3) is 0 Å². The van der Waals surface area contributed by atoms with Crippen molar-refractivity contribution >= 4 is 23.2 Å². The first-order valence-electron chi connectivity index (χ1n) is 6.88. The smallest absolute Gasteiger partial charge is 0.0595 e. The Morgan fingerprint density at radius 3 is 2.67 bits per heavy atom. The van der Waals surface area contributed by atoms with Gasteiger partial charge in [-0.05, 0) is 36.5 Å². The second-order valence-electron chi connectivity index (χ2n) is 5.19. The zero-order valence-electron chi connectivity index (χ0n) is 10.9. The molecule has 1 fully saturated rings. The van der Waals surface area contributed by atoms with Crippen LogP contribution in [0.2, 0.25) is 10.0 Å². The Hall–Kier alpha value is -0.240. The van der Waals surface area contributed by atoms with Crippen molar-refractivity contribution in [1.82, 2.24) is 5.32 Å². The van der Waals surface area contributed by atoms with Gasteiger partial charge < -0.3 is 5.32 Å². The van der Waals surface area contributed by atoms with E-state index in [4.69, 9.17) is 23.2 Å². The Kier molecular flexibility index (Phi) is 5.35. The van der Waals surface area contributed by atoms with Crippen molar-refractivity contribution < 1.29 is 0 Å². The monoisotopic (exact) mass is 285 g/mol. The average molecular weight is 286 g/mol. The predicted octanol–water partition coefficient (Wildman–Crippen LogP) is 5.05. The molecule has 1 nitrogen and oxygen atoms in total. The molecule has 1 aromatic rings. The van der Waals surface area contributed by atoms with Gasteiger partial charge in [0.15, 0.2) is 0 Å². The van der Waals surface area contributed by atoms with Gasteiger partial charge in [-0.2, -0.15) is 0 Å². The summed E-state index contributed by atoms with van der Waals surface area (Å²) < 4.78 is 0.